The number of carbonyl (C=O) groups is 1. The van der Waals surface area contributed by atoms with Gasteiger partial charge in [-0.05, 0) is 90.9 Å². The number of alkyl halides is 3. The first-order chi connectivity index (χ1) is 17.7. The molecule has 0 radical (unpaired) electrons. The van der Waals surface area contributed by atoms with Crippen LogP contribution in [-0.2, 0) is 17.6 Å². The summed E-state index contributed by atoms with van der Waals surface area (Å²) in [5.74, 6) is -0.654. The number of hydrogen-bond acceptors (Lipinski definition) is 4. The highest BCUT2D eigenvalue weighted by Crippen LogP contribution is 2.39. The normalized spacial score (nSPS) is 15.4. The van der Waals surface area contributed by atoms with E-state index in [1.807, 2.05) is 36.4 Å². The smallest absolute Gasteiger partial charge is 0.481 e. The second-order valence-electron chi connectivity index (χ2n) is 8.97. The van der Waals surface area contributed by atoms with Gasteiger partial charge in [-0.3, -0.25) is 4.79 Å². The fourth-order valence-electron chi connectivity index (χ4n) is 4.85. The predicted molar refractivity (Wildman–Crippen MR) is 135 cm³/mol. The molecule has 5 rings (SSSR count). The number of aliphatic carboxylic acids is 1. The minimum absolute atomic E-state index is 0.0143. The number of aromatic nitrogens is 2. The summed E-state index contributed by atoms with van der Waals surface area (Å²) in [6.07, 6.45) is -1.63. The Morgan fingerprint density at radius 3 is 2.65 bits per heavy atom. The average molecular weight is 530 g/mol. The molecule has 0 unspecified atom stereocenters. The van der Waals surface area contributed by atoms with E-state index < -0.39 is 12.3 Å². The zero-order valence-corrected chi connectivity index (χ0v) is 20.3. The van der Waals surface area contributed by atoms with Crippen LogP contribution >= 0.6 is 11.6 Å². The third-order valence-corrected chi connectivity index (χ3v) is 6.66. The first-order valence-corrected chi connectivity index (χ1v) is 12.2. The SMILES string of the molecule is O=C(O)CCc1ccc2c(c1)nc(Nc1ccc(OC(F)(F)F)cc1)n2[C@H]1CCCc2cc(Cl)ccc21. The molecule has 1 aromatic heterocycles. The van der Waals surface area contributed by atoms with Crippen LogP contribution in [-0.4, -0.2) is 27.0 Å². The first-order valence-electron chi connectivity index (χ1n) is 11.8. The van der Waals surface area contributed by atoms with Gasteiger partial charge in [0, 0.05) is 17.1 Å². The summed E-state index contributed by atoms with van der Waals surface area (Å²) >= 11 is 6.25. The second kappa shape index (κ2) is 9.97. The summed E-state index contributed by atoms with van der Waals surface area (Å²) in [7, 11) is 0. The van der Waals surface area contributed by atoms with Gasteiger partial charge in [0.25, 0.3) is 0 Å². The summed E-state index contributed by atoms with van der Waals surface area (Å²) < 4.78 is 43.7. The summed E-state index contributed by atoms with van der Waals surface area (Å²) in [5, 5.41) is 13.0. The molecule has 2 N–H and O–H groups in total. The molecule has 1 atom stereocenters. The van der Waals surface area contributed by atoms with E-state index in [9.17, 15) is 18.0 Å². The van der Waals surface area contributed by atoms with Gasteiger partial charge in [0.2, 0.25) is 5.95 Å². The lowest BCUT2D eigenvalue weighted by molar-refractivity contribution is -0.274. The number of nitrogens with zero attached hydrogens (tertiary/aromatic N) is 2. The molecule has 10 heteroatoms. The van der Waals surface area contributed by atoms with E-state index >= 15 is 0 Å². The number of hydrogen-bond donors (Lipinski definition) is 2. The highest BCUT2D eigenvalue weighted by atomic mass is 35.5. The van der Waals surface area contributed by atoms with Crippen molar-refractivity contribution in [3.05, 3.63) is 82.4 Å². The maximum atomic E-state index is 12.6. The van der Waals surface area contributed by atoms with Crippen LogP contribution < -0.4 is 10.1 Å². The highest BCUT2D eigenvalue weighted by Gasteiger charge is 2.31. The lowest BCUT2D eigenvalue weighted by Crippen LogP contribution is -2.19. The molecule has 1 heterocycles. The second-order valence-corrected chi connectivity index (χ2v) is 9.41. The lowest BCUT2D eigenvalue weighted by Gasteiger charge is -2.29. The van der Waals surface area contributed by atoms with Crippen LogP contribution in [0.4, 0.5) is 24.8 Å². The summed E-state index contributed by atoms with van der Waals surface area (Å²) in [4.78, 5) is 15.8. The lowest BCUT2D eigenvalue weighted by atomic mass is 9.87. The van der Waals surface area contributed by atoms with Crippen LogP contribution in [0.3, 0.4) is 0 Å². The van der Waals surface area contributed by atoms with Gasteiger partial charge in [-0.25, -0.2) is 4.98 Å². The molecular formula is C27H23ClF3N3O3. The van der Waals surface area contributed by atoms with Gasteiger partial charge < -0.3 is 19.7 Å². The van der Waals surface area contributed by atoms with Crippen LogP contribution in [0.1, 0.15) is 42.0 Å². The van der Waals surface area contributed by atoms with Crippen molar-refractivity contribution in [2.45, 2.75) is 44.5 Å². The Kier molecular flexibility index (Phi) is 6.72. The zero-order chi connectivity index (χ0) is 26.2. The molecule has 1 aliphatic carbocycles. The minimum atomic E-state index is -4.77. The molecule has 0 fully saturated rings. The molecule has 3 aromatic carbocycles. The van der Waals surface area contributed by atoms with Gasteiger partial charge in [0.15, 0.2) is 0 Å². The van der Waals surface area contributed by atoms with Crippen molar-refractivity contribution < 1.29 is 27.8 Å². The van der Waals surface area contributed by atoms with Crippen molar-refractivity contribution in [2.75, 3.05) is 5.32 Å². The van der Waals surface area contributed by atoms with Crippen molar-refractivity contribution in [3.8, 4) is 5.75 Å². The summed E-state index contributed by atoms with van der Waals surface area (Å²) in [6, 6.07) is 17.0. The number of benzene rings is 3. The Morgan fingerprint density at radius 2 is 1.92 bits per heavy atom. The number of anilines is 2. The predicted octanol–water partition coefficient (Wildman–Crippen LogP) is 7.27. The van der Waals surface area contributed by atoms with Gasteiger partial charge in [-0.15, -0.1) is 13.2 Å². The molecule has 0 spiro atoms. The molecule has 0 bridgehead atoms. The number of ether oxygens (including phenoxy) is 1. The highest BCUT2D eigenvalue weighted by molar-refractivity contribution is 6.30. The largest absolute Gasteiger partial charge is 0.573 e. The first kappa shape index (κ1) is 25.0. The fraction of sp³-hybridized carbons (Fsp3) is 0.259. The molecule has 37 heavy (non-hydrogen) atoms. The maximum absolute atomic E-state index is 12.6. The summed E-state index contributed by atoms with van der Waals surface area (Å²) in [5.41, 5.74) is 5.28. The molecule has 6 nitrogen and oxygen atoms in total. The van der Waals surface area contributed by atoms with E-state index in [0.717, 1.165) is 35.9 Å². The number of rotatable bonds is 7. The zero-order valence-electron chi connectivity index (χ0n) is 19.6. The molecule has 1 aliphatic rings. The Morgan fingerprint density at radius 1 is 1.14 bits per heavy atom. The van der Waals surface area contributed by atoms with Crippen LogP contribution in [0.15, 0.2) is 60.7 Å². The molecular weight excluding hydrogens is 507 g/mol. The van der Waals surface area contributed by atoms with Crippen LogP contribution in [0.5, 0.6) is 5.75 Å². The van der Waals surface area contributed by atoms with Crippen molar-refractivity contribution in [2.24, 2.45) is 0 Å². The van der Waals surface area contributed by atoms with Gasteiger partial charge >= 0.3 is 12.3 Å². The number of halogens is 4. The quantitative estimate of drug-likeness (QED) is 0.263. The average Bonchev–Trinajstić information content (AvgIpc) is 3.19. The van der Waals surface area contributed by atoms with Crippen molar-refractivity contribution >= 4 is 40.2 Å². The number of carboxylic acids is 1. The third-order valence-electron chi connectivity index (χ3n) is 6.42. The Bertz CT molecular complexity index is 1450. The number of carboxylic acid groups (broad SMARTS) is 1. The Hall–Kier alpha value is -3.72. The van der Waals surface area contributed by atoms with E-state index in [1.165, 1.54) is 29.8 Å². The maximum Gasteiger partial charge on any atom is 0.573 e. The topological polar surface area (TPSA) is 76.4 Å². The van der Waals surface area contributed by atoms with Crippen LogP contribution in [0, 0.1) is 0 Å². The van der Waals surface area contributed by atoms with Gasteiger partial charge in [0.1, 0.15) is 5.75 Å². The molecule has 0 aliphatic heterocycles. The monoisotopic (exact) mass is 529 g/mol. The molecule has 0 saturated carbocycles. The molecule has 192 valence electrons. The number of fused-ring (bicyclic) bond motifs is 2. The Balaban J connectivity index is 1.55. The summed E-state index contributed by atoms with van der Waals surface area (Å²) in [6.45, 7) is 0. The number of aryl methyl sites for hydroxylation is 2. The van der Waals surface area contributed by atoms with Crippen molar-refractivity contribution in [1.29, 1.82) is 0 Å². The third kappa shape index (κ3) is 5.67. The van der Waals surface area contributed by atoms with E-state index in [0.29, 0.717) is 28.6 Å². The van der Waals surface area contributed by atoms with E-state index in [2.05, 4.69) is 14.6 Å². The standard InChI is InChI=1S/C27H23ClF3N3O3/c28-18-6-11-21-17(15-18)2-1-3-23(21)34-24-12-4-16(5-13-25(35)36)14-22(24)33-26(34)32-19-7-9-20(10-8-19)37-27(29,30)31/h4,6-12,14-15,23H,1-3,5,13H2,(H,32,33)(H,35,36)/t23-/m0/s1. The van der Waals surface area contributed by atoms with Crippen molar-refractivity contribution in [3.63, 3.8) is 0 Å². The molecule has 0 amide bonds. The van der Waals surface area contributed by atoms with Crippen molar-refractivity contribution in [1.82, 2.24) is 9.55 Å². The number of imidazole rings is 1. The Labute approximate surface area is 215 Å². The van der Waals surface area contributed by atoms with Crippen LogP contribution in [0.2, 0.25) is 5.02 Å². The molecule has 0 saturated heterocycles. The van der Waals surface area contributed by atoms with Gasteiger partial charge in [-0.2, -0.15) is 0 Å². The number of nitrogens with one attached hydrogen (secondary N) is 1. The minimum Gasteiger partial charge on any atom is -0.481 e. The van der Waals surface area contributed by atoms with E-state index in [4.69, 9.17) is 21.7 Å². The van der Waals surface area contributed by atoms with Crippen LogP contribution in [0.25, 0.3) is 11.0 Å². The van der Waals surface area contributed by atoms with Gasteiger partial charge in [0.05, 0.1) is 17.1 Å². The fourth-order valence-corrected chi connectivity index (χ4v) is 5.04. The van der Waals surface area contributed by atoms with Gasteiger partial charge in [-0.1, -0.05) is 23.7 Å². The van der Waals surface area contributed by atoms with E-state index in [-0.39, 0.29) is 18.2 Å². The molecule has 4 aromatic rings. The van der Waals surface area contributed by atoms with E-state index in [1.54, 1.807) is 0 Å².